The van der Waals surface area contributed by atoms with E-state index in [0.717, 1.165) is 38.8 Å². The Hall–Kier alpha value is -3.47. The van der Waals surface area contributed by atoms with Crippen molar-refractivity contribution in [3.63, 3.8) is 0 Å². The predicted octanol–water partition coefficient (Wildman–Crippen LogP) is 4.48. The third kappa shape index (κ3) is 2.95. The molecular weight excluding hydrogens is 326 g/mol. The molecule has 5 heteroatoms. The Labute approximate surface area is 150 Å². The molecule has 0 radical (unpaired) electrons. The maximum absolute atomic E-state index is 9.04. The zero-order valence-electron chi connectivity index (χ0n) is 14.3. The zero-order chi connectivity index (χ0) is 17.9. The third-order valence-electron chi connectivity index (χ3n) is 4.32. The number of rotatable bonds is 4. The summed E-state index contributed by atoms with van der Waals surface area (Å²) >= 11 is 0. The third-order valence-corrected chi connectivity index (χ3v) is 4.32. The Morgan fingerprint density at radius 2 is 1.69 bits per heavy atom. The minimum Gasteiger partial charge on any atom is -0.487 e. The smallest absolute Gasteiger partial charge is 0.132 e. The molecule has 0 amide bonds. The Bertz CT molecular complexity index is 1120. The van der Waals surface area contributed by atoms with Gasteiger partial charge < -0.3 is 9.94 Å². The lowest BCUT2D eigenvalue weighted by Gasteiger charge is -2.12. The standard InChI is InChI=1S/C21H17N3O2/c1-14-20(24-19-9-5-4-8-18(19)23-14)13-26-21-11-10-15-6-2-3-7-16(15)17(21)12-22-25/h2-12,25H,13H2,1H3/b22-12-. The quantitative estimate of drug-likeness (QED) is 0.337. The molecular formula is C21H17N3O2. The van der Waals surface area contributed by atoms with E-state index in [1.54, 1.807) is 0 Å². The fourth-order valence-electron chi connectivity index (χ4n) is 3.00. The van der Waals surface area contributed by atoms with Gasteiger partial charge in [-0.05, 0) is 35.9 Å². The molecule has 0 unspecified atom stereocenters. The van der Waals surface area contributed by atoms with Crippen LogP contribution in [-0.4, -0.2) is 21.4 Å². The van der Waals surface area contributed by atoms with Crippen molar-refractivity contribution in [3.05, 3.63) is 77.6 Å². The molecule has 0 aliphatic rings. The van der Waals surface area contributed by atoms with E-state index in [0.29, 0.717) is 5.75 Å². The summed E-state index contributed by atoms with van der Waals surface area (Å²) in [4.78, 5) is 9.25. The van der Waals surface area contributed by atoms with Crippen LogP contribution < -0.4 is 4.74 Å². The van der Waals surface area contributed by atoms with Crippen LogP contribution in [0.3, 0.4) is 0 Å². The molecule has 1 aromatic heterocycles. The van der Waals surface area contributed by atoms with Gasteiger partial charge in [0.1, 0.15) is 12.4 Å². The highest BCUT2D eigenvalue weighted by atomic mass is 16.5. The van der Waals surface area contributed by atoms with Crippen LogP contribution >= 0.6 is 0 Å². The van der Waals surface area contributed by atoms with E-state index in [2.05, 4.69) is 15.1 Å². The SMILES string of the molecule is Cc1nc2ccccc2nc1COc1ccc2ccccc2c1/C=N\O. The van der Waals surface area contributed by atoms with Crippen LogP contribution in [0, 0.1) is 6.92 Å². The zero-order valence-corrected chi connectivity index (χ0v) is 14.3. The number of aryl methyl sites for hydroxylation is 1. The predicted molar refractivity (Wildman–Crippen MR) is 102 cm³/mol. The fourth-order valence-corrected chi connectivity index (χ4v) is 3.00. The van der Waals surface area contributed by atoms with E-state index in [-0.39, 0.29) is 6.61 Å². The van der Waals surface area contributed by atoms with Gasteiger partial charge in [-0.3, -0.25) is 0 Å². The van der Waals surface area contributed by atoms with E-state index in [1.807, 2.05) is 67.6 Å². The average Bonchev–Trinajstić information content (AvgIpc) is 2.67. The summed E-state index contributed by atoms with van der Waals surface area (Å²) in [6.45, 7) is 2.21. The Morgan fingerprint density at radius 1 is 0.962 bits per heavy atom. The van der Waals surface area contributed by atoms with E-state index < -0.39 is 0 Å². The minimum atomic E-state index is 0.286. The number of nitrogens with zero attached hydrogens (tertiary/aromatic N) is 3. The van der Waals surface area contributed by atoms with Gasteiger partial charge in [-0.2, -0.15) is 0 Å². The van der Waals surface area contributed by atoms with Crippen molar-refractivity contribution in [3.8, 4) is 5.75 Å². The molecule has 4 aromatic rings. The first-order valence-corrected chi connectivity index (χ1v) is 8.30. The molecule has 1 N–H and O–H groups in total. The Balaban J connectivity index is 1.70. The summed E-state index contributed by atoms with van der Waals surface area (Å²) < 4.78 is 6.01. The van der Waals surface area contributed by atoms with E-state index in [9.17, 15) is 0 Å². The molecule has 0 saturated carbocycles. The molecule has 5 nitrogen and oxygen atoms in total. The van der Waals surface area contributed by atoms with Gasteiger partial charge >= 0.3 is 0 Å². The molecule has 0 bridgehead atoms. The van der Waals surface area contributed by atoms with Crippen LogP contribution in [0.15, 0.2) is 65.8 Å². The van der Waals surface area contributed by atoms with E-state index >= 15 is 0 Å². The van der Waals surface area contributed by atoms with Crippen LogP contribution in [0.25, 0.3) is 21.8 Å². The fraction of sp³-hybridized carbons (Fsp3) is 0.0952. The highest BCUT2D eigenvalue weighted by Crippen LogP contribution is 2.27. The van der Waals surface area contributed by atoms with Crippen molar-refractivity contribution in [1.82, 2.24) is 9.97 Å². The second-order valence-electron chi connectivity index (χ2n) is 5.98. The first-order valence-electron chi connectivity index (χ1n) is 8.30. The van der Waals surface area contributed by atoms with Gasteiger partial charge in [0, 0.05) is 5.56 Å². The lowest BCUT2D eigenvalue weighted by molar-refractivity contribution is 0.299. The summed E-state index contributed by atoms with van der Waals surface area (Å²) in [6.07, 6.45) is 1.40. The topological polar surface area (TPSA) is 67.6 Å². The van der Waals surface area contributed by atoms with Gasteiger partial charge in [-0.1, -0.05) is 47.6 Å². The lowest BCUT2D eigenvalue weighted by atomic mass is 10.0. The Kier molecular flexibility index (Phi) is 4.19. The molecule has 128 valence electrons. The van der Waals surface area contributed by atoms with Gasteiger partial charge in [0.25, 0.3) is 0 Å². The first kappa shape index (κ1) is 16.0. The van der Waals surface area contributed by atoms with Gasteiger partial charge in [0.15, 0.2) is 0 Å². The average molecular weight is 343 g/mol. The summed E-state index contributed by atoms with van der Waals surface area (Å²) in [5, 5.41) is 14.3. The van der Waals surface area contributed by atoms with Crippen molar-refractivity contribution >= 4 is 28.0 Å². The highest BCUT2D eigenvalue weighted by Gasteiger charge is 2.10. The number of fused-ring (bicyclic) bond motifs is 2. The van der Waals surface area contributed by atoms with Gasteiger partial charge in [-0.15, -0.1) is 0 Å². The van der Waals surface area contributed by atoms with Crippen LogP contribution in [0.4, 0.5) is 0 Å². The van der Waals surface area contributed by atoms with Crippen molar-refractivity contribution in [2.24, 2.45) is 5.16 Å². The molecule has 0 fully saturated rings. The van der Waals surface area contributed by atoms with Crippen molar-refractivity contribution < 1.29 is 9.94 Å². The second kappa shape index (κ2) is 6.80. The second-order valence-corrected chi connectivity index (χ2v) is 5.98. The van der Waals surface area contributed by atoms with Gasteiger partial charge in [-0.25, -0.2) is 9.97 Å². The number of ether oxygens (including phenoxy) is 1. The van der Waals surface area contributed by atoms with Crippen LogP contribution in [0.5, 0.6) is 5.75 Å². The van der Waals surface area contributed by atoms with E-state index in [4.69, 9.17) is 9.94 Å². The number of para-hydroxylation sites is 2. The number of hydrogen-bond donors (Lipinski definition) is 1. The monoisotopic (exact) mass is 343 g/mol. The maximum atomic E-state index is 9.04. The summed E-state index contributed by atoms with van der Waals surface area (Å²) in [7, 11) is 0. The number of aromatic nitrogens is 2. The molecule has 0 atom stereocenters. The van der Waals surface area contributed by atoms with Gasteiger partial charge in [0.05, 0.1) is 28.6 Å². The molecule has 0 aliphatic carbocycles. The molecule has 0 spiro atoms. The molecule has 1 heterocycles. The molecule has 26 heavy (non-hydrogen) atoms. The summed E-state index contributed by atoms with van der Waals surface area (Å²) in [5.41, 5.74) is 4.06. The number of oxime groups is 1. The molecule has 0 saturated heterocycles. The van der Waals surface area contributed by atoms with Crippen LogP contribution in [0.1, 0.15) is 17.0 Å². The largest absolute Gasteiger partial charge is 0.487 e. The van der Waals surface area contributed by atoms with Crippen molar-refractivity contribution in [1.29, 1.82) is 0 Å². The van der Waals surface area contributed by atoms with E-state index in [1.165, 1.54) is 6.21 Å². The van der Waals surface area contributed by atoms with Crippen molar-refractivity contribution in [2.75, 3.05) is 0 Å². The number of hydrogen-bond acceptors (Lipinski definition) is 5. The maximum Gasteiger partial charge on any atom is 0.132 e. The van der Waals surface area contributed by atoms with Crippen molar-refractivity contribution in [2.45, 2.75) is 13.5 Å². The summed E-state index contributed by atoms with van der Waals surface area (Å²) in [5.74, 6) is 0.635. The minimum absolute atomic E-state index is 0.286. The van der Waals surface area contributed by atoms with Crippen LogP contribution in [0.2, 0.25) is 0 Å². The highest BCUT2D eigenvalue weighted by molar-refractivity contribution is 6.02. The molecule has 3 aromatic carbocycles. The summed E-state index contributed by atoms with van der Waals surface area (Å²) in [6, 6.07) is 19.5. The lowest BCUT2D eigenvalue weighted by Crippen LogP contribution is -2.05. The molecule has 4 rings (SSSR count). The Morgan fingerprint density at radius 3 is 2.50 bits per heavy atom. The number of benzene rings is 3. The van der Waals surface area contributed by atoms with Gasteiger partial charge in [0.2, 0.25) is 0 Å². The normalized spacial score (nSPS) is 11.4. The van der Waals surface area contributed by atoms with Crippen LogP contribution in [-0.2, 0) is 6.61 Å². The molecule has 0 aliphatic heterocycles. The first-order chi connectivity index (χ1) is 12.8.